The molecule has 1 aromatic carbocycles. The Kier molecular flexibility index (Phi) is 4.57. The summed E-state index contributed by atoms with van der Waals surface area (Å²) in [4.78, 5) is 29.9. The van der Waals surface area contributed by atoms with E-state index in [1.54, 1.807) is 31.3 Å². The predicted molar refractivity (Wildman–Crippen MR) is 81.0 cm³/mol. The third kappa shape index (κ3) is 2.62. The number of carbonyl (C=O) groups is 2. The van der Waals surface area contributed by atoms with Crippen LogP contribution in [0.15, 0.2) is 29.3 Å². The highest BCUT2D eigenvalue weighted by Crippen LogP contribution is 2.26. The van der Waals surface area contributed by atoms with Gasteiger partial charge in [-0.05, 0) is 25.6 Å². The number of carbonyl (C=O) groups excluding carboxylic acids is 2. The highest BCUT2D eigenvalue weighted by atomic mass is 32.2. The van der Waals surface area contributed by atoms with Crippen molar-refractivity contribution in [3.63, 3.8) is 0 Å². The number of imide groups is 1. The molecule has 0 radical (unpaired) electrons. The summed E-state index contributed by atoms with van der Waals surface area (Å²) in [5.74, 6) is -0.607. The van der Waals surface area contributed by atoms with Crippen LogP contribution in [0.5, 0.6) is 0 Å². The first-order valence-corrected chi connectivity index (χ1v) is 7.32. The van der Waals surface area contributed by atoms with E-state index in [-0.39, 0.29) is 17.2 Å². The second kappa shape index (κ2) is 6.19. The quantitative estimate of drug-likeness (QED) is 0.400. The van der Waals surface area contributed by atoms with Gasteiger partial charge in [-0.15, -0.1) is 0 Å². The molecule has 6 heteroatoms. The number of hydrogen-bond donors (Lipinski definition) is 1. The molecule has 20 heavy (non-hydrogen) atoms. The van der Waals surface area contributed by atoms with Crippen LogP contribution in [0.25, 0.3) is 0 Å². The minimum Gasteiger partial charge on any atom is -0.305 e. The van der Waals surface area contributed by atoms with Crippen molar-refractivity contribution in [3.8, 4) is 0 Å². The molecule has 0 saturated heterocycles. The second-order valence-corrected chi connectivity index (χ2v) is 5.62. The lowest BCUT2D eigenvalue weighted by Crippen LogP contribution is -2.37. The summed E-state index contributed by atoms with van der Waals surface area (Å²) < 4.78 is 0. The number of rotatable bonds is 3. The Morgan fingerprint density at radius 1 is 1.30 bits per heavy atom. The molecule has 2 amide bonds. The summed E-state index contributed by atoms with van der Waals surface area (Å²) in [5, 5.41) is 3.71. The van der Waals surface area contributed by atoms with Gasteiger partial charge in [-0.25, -0.2) is 4.90 Å². The van der Waals surface area contributed by atoms with Crippen molar-refractivity contribution in [1.82, 2.24) is 10.2 Å². The van der Waals surface area contributed by atoms with Crippen LogP contribution in [-0.4, -0.2) is 40.8 Å². The van der Waals surface area contributed by atoms with Gasteiger partial charge in [0.2, 0.25) is 0 Å². The van der Waals surface area contributed by atoms with Crippen LogP contribution in [0.1, 0.15) is 34.6 Å². The van der Waals surface area contributed by atoms with Crippen molar-refractivity contribution >= 4 is 28.7 Å². The zero-order chi connectivity index (χ0) is 14.7. The topological polar surface area (TPSA) is 61.8 Å². The maximum atomic E-state index is 12.3. The smallest absolute Gasteiger partial charge is 0.267 e. The fourth-order valence-corrected chi connectivity index (χ4v) is 3.00. The number of amides is 2. The van der Waals surface area contributed by atoms with Gasteiger partial charge in [0.1, 0.15) is 0 Å². The number of nitrogens with one attached hydrogen (secondary N) is 1. The number of thioether (sulfide) groups is 1. The van der Waals surface area contributed by atoms with E-state index in [0.29, 0.717) is 16.3 Å². The molecule has 0 fully saturated rings. The average Bonchev–Trinajstić information content (AvgIpc) is 2.70. The standard InChI is InChI=1S/C14H17N3O2S/c1-4-16-9(2)20-14(15-3)17-12(18)10-7-5-6-8-11(10)13(17)19/h5-9,16H,4H2,1-3H3. The number of amidine groups is 1. The van der Waals surface area contributed by atoms with Gasteiger partial charge >= 0.3 is 0 Å². The van der Waals surface area contributed by atoms with E-state index in [9.17, 15) is 9.59 Å². The summed E-state index contributed by atoms with van der Waals surface area (Å²) in [6.07, 6.45) is 0. The molecule has 106 valence electrons. The van der Waals surface area contributed by atoms with Crippen molar-refractivity contribution in [2.24, 2.45) is 4.99 Å². The van der Waals surface area contributed by atoms with Crippen LogP contribution < -0.4 is 5.32 Å². The second-order valence-electron chi connectivity index (χ2n) is 4.32. The summed E-state index contributed by atoms with van der Waals surface area (Å²) in [6, 6.07) is 6.85. The Bertz CT molecular complexity index is 536. The highest BCUT2D eigenvalue weighted by molar-refractivity contribution is 8.14. The van der Waals surface area contributed by atoms with E-state index in [1.165, 1.54) is 11.8 Å². The highest BCUT2D eigenvalue weighted by Gasteiger charge is 2.38. The molecule has 0 aromatic heterocycles. The normalized spacial score (nSPS) is 16.6. The molecule has 1 atom stereocenters. The zero-order valence-electron chi connectivity index (χ0n) is 11.7. The van der Waals surface area contributed by atoms with E-state index < -0.39 is 0 Å². The van der Waals surface area contributed by atoms with Crippen LogP contribution in [0.4, 0.5) is 0 Å². The molecule has 5 nitrogen and oxygen atoms in total. The summed E-state index contributed by atoms with van der Waals surface area (Å²) in [6.45, 7) is 4.78. The lowest BCUT2D eigenvalue weighted by atomic mass is 10.1. The molecule has 2 rings (SSSR count). The van der Waals surface area contributed by atoms with Gasteiger partial charge < -0.3 is 5.32 Å². The van der Waals surface area contributed by atoms with Crippen molar-refractivity contribution in [1.29, 1.82) is 0 Å². The lowest BCUT2D eigenvalue weighted by Gasteiger charge is -2.19. The van der Waals surface area contributed by atoms with E-state index in [0.717, 1.165) is 11.4 Å². The van der Waals surface area contributed by atoms with Crippen LogP contribution >= 0.6 is 11.8 Å². The van der Waals surface area contributed by atoms with E-state index in [4.69, 9.17) is 0 Å². The minimum absolute atomic E-state index is 0.0722. The fraction of sp³-hybridized carbons (Fsp3) is 0.357. The third-order valence-corrected chi connectivity index (χ3v) is 4.05. The van der Waals surface area contributed by atoms with Crippen molar-refractivity contribution in [2.75, 3.05) is 13.6 Å². The Balaban J connectivity index is 2.26. The number of hydrogen-bond acceptors (Lipinski definition) is 5. The van der Waals surface area contributed by atoms with Gasteiger partial charge in [0, 0.05) is 7.05 Å². The first-order valence-electron chi connectivity index (χ1n) is 6.44. The molecular weight excluding hydrogens is 274 g/mol. The Labute approximate surface area is 122 Å². The molecule has 0 spiro atoms. The molecular formula is C14H17N3O2S. The molecule has 1 aliphatic heterocycles. The van der Waals surface area contributed by atoms with E-state index in [2.05, 4.69) is 10.3 Å². The SMILES string of the molecule is CCNC(C)SC(=NC)N1C(=O)c2ccccc2C1=O. The van der Waals surface area contributed by atoms with E-state index in [1.807, 2.05) is 13.8 Å². The van der Waals surface area contributed by atoms with Crippen molar-refractivity contribution in [3.05, 3.63) is 35.4 Å². The molecule has 0 saturated carbocycles. The summed E-state index contributed by atoms with van der Waals surface area (Å²) >= 11 is 1.37. The zero-order valence-corrected chi connectivity index (χ0v) is 12.5. The molecule has 0 bridgehead atoms. The van der Waals surface area contributed by atoms with Gasteiger partial charge in [-0.1, -0.05) is 30.8 Å². The fourth-order valence-electron chi connectivity index (χ4n) is 2.06. The minimum atomic E-state index is -0.303. The summed E-state index contributed by atoms with van der Waals surface area (Å²) in [7, 11) is 1.59. The van der Waals surface area contributed by atoms with E-state index >= 15 is 0 Å². The number of fused-ring (bicyclic) bond motifs is 1. The Morgan fingerprint density at radius 2 is 1.85 bits per heavy atom. The monoisotopic (exact) mass is 291 g/mol. The van der Waals surface area contributed by atoms with Gasteiger partial charge in [0.05, 0.1) is 16.5 Å². The number of aliphatic imine (C=N–C) groups is 1. The Hall–Kier alpha value is -1.66. The van der Waals surface area contributed by atoms with Crippen molar-refractivity contribution in [2.45, 2.75) is 19.2 Å². The van der Waals surface area contributed by atoms with Gasteiger partial charge in [-0.3, -0.25) is 14.6 Å². The average molecular weight is 291 g/mol. The van der Waals surface area contributed by atoms with Crippen LogP contribution in [0.3, 0.4) is 0 Å². The molecule has 0 aliphatic carbocycles. The first kappa shape index (κ1) is 14.7. The molecule has 1 unspecified atom stereocenters. The number of nitrogens with zero attached hydrogens (tertiary/aromatic N) is 2. The number of benzene rings is 1. The molecule has 1 aliphatic rings. The van der Waals surface area contributed by atoms with Gasteiger partial charge in [0.15, 0.2) is 5.17 Å². The molecule has 1 N–H and O–H groups in total. The largest absolute Gasteiger partial charge is 0.305 e. The van der Waals surface area contributed by atoms with Crippen LogP contribution in [0.2, 0.25) is 0 Å². The Morgan fingerprint density at radius 3 is 2.30 bits per heavy atom. The third-order valence-electron chi connectivity index (χ3n) is 2.95. The van der Waals surface area contributed by atoms with Gasteiger partial charge in [-0.2, -0.15) is 0 Å². The maximum Gasteiger partial charge on any atom is 0.267 e. The predicted octanol–water partition coefficient (Wildman–Crippen LogP) is 1.96. The van der Waals surface area contributed by atoms with Crippen LogP contribution in [-0.2, 0) is 0 Å². The maximum absolute atomic E-state index is 12.3. The first-order chi connectivity index (χ1) is 9.60. The van der Waals surface area contributed by atoms with Crippen LogP contribution in [0, 0.1) is 0 Å². The molecule has 1 aromatic rings. The summed E-state index contributed by atoms with van der Waals surface area (Å²) in [5.41, 5.74) is 0.880. The molecule has 1 heterocycles. The van der Waals surface area contributed by atoms with Gasteiger partial charge in [0.25, 0.3) is 11.8 Å². The lowest BCUT2D eigenvalue weighted by molar-refractivity contribution is 0.0752. The van der Waals surface area contributed by atoms with Crippen molar-refractivity contribution < 1.29 is 9.59 Å².